The van der Waals surface area contributed by atoms with E-state index in [9.17, 15) is 13.2 Å². The average Bonchev–Trinajstić information content (AvgIpc) is 3.18. The van der Waals surface area contributed by atoms with Crippen LogP contribution in [0.25, 0.3) is 0 Å². The second-order valence-corrected chi connectivity index (χ2v) is 8.87. The molecule has 1 aromatic heterocycles. The highest BCUT2D eigenvalue weighted by Gasteiger charge is 2.24. The highest BCUT2D eigenvalue weighted by Crippen LogP contribution is 2.31. The highest BCUT2D eigenvalue weighted by atomic mass is 32.2. The van der Waals surface area contributed by atoms with Crippen LogP contribution in [0.4, 0.5) is 5.82 Å². The van der Waals surface area contributed by atoms with Crippen LogP contribution in [0.1, 0.15) is 44.6 Å². The number of likely N-dealkylation sites (tertiary alicyclic amines) is 1. The molecule has 0 aromatic carbocycles. The average molecular weight is 369 g/mol. The van der Waals surface area contributed by atoms with Gasteiger partial charge in [-0.25, -0.2) is 17.8 Å². The number of anilines is 1. The van der Waals surface area contributed by atoms with E-state index in [4.69, 9.17) is 0 Å². The minimum atomic E-state index is -3.17. The topological polar surface area (TPSA) is 96.3 Å². The van der Waals surface area contributed by atoms with Crippen molar-refractivity contribution in [2.75, 3.05) is 31.2 Å². The van der Waals surface area contributed by atoms with Gasteiger partial charge < -0.3 is 5.32 Å². The van der Waals surface area contributed by atoms with Crippen LogP contribution in [0, 0.1) is 0 Å². The molecule has 1 saturated heterocycles. The van der Waals surface area contributed by atoms with Crippen LogP contribution in [-0.4, -0.2) is 60.9 Å². The molecule has 3 rings (SSSR count). The number of hydrogen-bond acceptors (Lipinski definition) is 5. The van der Waals surface area contributed by atoms with E-state index >= 15 is 0 Å². The maximum absolute atomic E-state index is 12.4. The standard InChI is InChI=1S/C16H27N5O3S/c1-25(23,24)19-13-7-10-20(11-8-13)12-16(22)18-15-6-9-17-21(15)14-4-2-3-5-14/h6,9,13-14,19H,2-5,7-8,10-12H2,1H3,(H,18,22). The number of piperidine rings is 1. The summed E-state index contributed by atoms with van der Waals surface area (Å²) in [6.07, 6.45) is 9.02. The van der Waals surface area contributed by atoms with Crippen molar-refractivity contribution in [1.82, 2.24) is 19.4 Å². The lowest BCUT2D eigenvalue weighted by atomic mass is 10.1. The van der Waals surface area contributed by atoms with Crippen LogP contribution in [0.5, 0.6) is 0 Å². The van der Waals surface area contributed by atoms with Gasteiger partial charge in [-0.2, -0.15) is 5.10 Å². The molecule has 1 aliphatic carbocycles. The van der Waals surface area contributed by atoms with Crippen molar-refractivity contribution in [3.05, 3.63) is 12.3 Å². The fourth-order valence-corrected chi connectivity index (χ4v) is 4.59. The number of amides is 1. The molecule has 9 heteroatoms. The van der Waals surface area contributed by atoms with Crippen molar-refractivity contribution in [1.29, 1.82) is 0 Å². The Labute approximate surface area is 149 Å². The molecular weight excluding hydrogens is 342 g/mol. The molecule has 25 heavy (non-hydrogen) atoms. The molecular formula is C16H27N5O3S. The lowest BCUT2D eigenvalue weighted by Gasteiger charge is -2.31. The number of nitrogens with one attached hydrogen (secondary N) is 2. The SMILES string of the molecule is CS(=O)(=O)NC1CCN(CC(=O)Nc2ccnn2C2CCCC2)CC1. The predicted octanol–water partition coefficient (Wildman–Crippen LogP) is 0.950. The first-order valence-corrected chi connectivity index (χ1v) is 10.8. The van der Waals surface area contributed by atoms with Gasteiger partial charge in [0.1, 0.15) is 5.82 Å². The smallest absolute Gasteiger partial charge is 0.239 e. The van der Waals surface area contributed by atoms with Gasteiger partial charge in [0.15, 0.2) is 0 Å². The first-order valence-electron chi connectivity index (χ1n) is 8.94. The van der Waals surface area contributed by atoms with Crippen molar-refractivity contribution in [3.8, 4) is 0 Å². The molecule has 0 atom stereocenters. The largest absolute Gasteiger partial charge is 0.310 e. The van der Waals surface area contributed by atoms with E-state index in [0.29, 0.717) is 25.7 Å². The maximum atomic E-state index is 12.4. The minimum absolute atomic E-state index is 0.0295. The molecule has 2 aliphatic rings. The Bertz CT molecular complexity index is 688. The maximum Gasteiger partial charge on any atom is 0.239 e. The Hall–Kier alpha value is -1.45. The van der Waals surface area contributed by atoms with Crippen LogP contribution in [0.3, 0.4) is 0 Å². The lowest BCUT2D eigenvalue weighted by molar-refractivity contribution is -0.117. The molecule has 0 spiro atoms. The summed E-state index contributed by atoms with van der Waals surface area (Å²) in [6, 6.07) is 2.21. The van der Waals surface area contributed by atoms with Gasteiger partial charge in [0.25, 0.3) is 0 Å². The fourth-order valence-electron chi connectivity index (χ4n) is 3.75. The number of aromatic nitrogens is 2. The number of hydrogen-bond donors (Lipinski definition) is 2. The number of carbonyl (C=O) groups is 1. The van der Waals surface area contributed by atoms with Gasteiger partial charge in [0.05, 0.1) is 25.0 Å². The van der Waals surface area contributed by atoms with E-state index in [0.717, 1.165) is 31.5 Å². The summed E-state index contributed by atoms with van der Waals surface area (Å²) in [6.45, 7) is 1.74. The monoisotopic (exact) mass is 369 g/mol. The summed E-state index contributed by atoms with van der Waals surface area (Å²) in [5.41, 5.74) is 0. The number of nitrogens with zero attached hydrogens (tertiary/aromatic N) is 3. The zero-order valence-corrected chi connectivity index (χ0v) is 15.5. The molecule has 1 aromatic rings. The number of sulfonamides is 1. The van der Waals surface area contributed by atoms with Gasteiger partial charge in [0, 0.05) is 25.2 Å². The van der Waals surface area contributed by atoms with Crippen molar-refractivity contribution < 1.29 is 13.2 Å². The summed E-state index contributed by atoms with van der Waals surface area (Å²) < 4.78 is 27.1. The van der Waals surface area contributed by atoms with Crippen molar-refractivity contribution >= 4 is 21.7 Å². The molecule has 0 bridgehead atoms. The normalized spacial score (nSPS) is 20.8. The lowest BCUT2D eigenvalue weighted by Crippen LogP contribution is -2.46. The molecule has 1 aliphatic heterocycles. The Morgan fingerprint density at radius 1 is 1.24 bits per heavy atom. The molecule has 0 unspecified atom stereocenters. The second kappa shape index (κ2) is 7.84. The summed E-state index contributed by atoms with van der Waals surface area (Å²) in [4.78, 5) is 14.4. The first kappa shape index (κ1) is 18.3. The van der Waals surface area contributed by atoms with Crippen LogP contribution in [0.2, 0.25) is 0 Å². The van der Waals surface area contributed by atoms with Gasteiger partial charge in [-0.05, 0) is 25.7 Å². The molecule has 1 amide bonds. The predicted molar refractivity (Wildman–Crippen MR) is 95.8 cm³/mol. The minimum Gasteiger partial charge on any atom is -0.310 e. The third-order valence-electron chi connectivity index (χ3n) is 4.94. The van der Waals surface area contributed by atoms with Crippen molar-refractivity contribution in [3.63, 3.8) is 0 Å². The third-order valence-corrected chi connectivity index (χ3v) is 5.71. The Balaban J connectivity index is 1.47. The van der Waals surface area contributed by atoms with Crippen LogP contribution >= 0.6 is 0 Å². The quantitative estimate of drug-likeness (QED) is 0.778. The number of rotatable bonds is 6. The molecule has 2 N–H and O–H groups in total. The Morgan fingerprint density at radius 3 is 2.56 bits per heavy atom. The Morgan fingerprint density at radius 2 is 1.92 bits per heavy atom. The van der Waals surface area contributed by atoms with Crippen molar-refractivity contribution in [2.45, 2.75) is 50.6 Å². The fraction of sp³-hybridized carbons (Fsp3) is 0.750. The molecule has 140 valence electrons. The van der Waals surface area contributed by atoms with Crippen LogP contribution in [0.15, 0.2) is 12.3 Å². The van der Waals surface area contributed by atoms with Crippen LogP contribution in [-0.2, 0) is 14.8 Å². The van der Waals surface area contributed by atoms with Crippen molar-refractivity contribution in [2.24, 2.45) is 0 Å². The van der Waals surface area contributed by atoms with Crippen LogP contribution < -0.4 is 10.0 Å². The van der Waals surface area contributed by atoms with E-state index < -0.39 is 10.0 Å². The summed E-state index contributed by atoms with van der Waals surface area (Å²) >= 11 is 0. The second-order valence-electron chi connectivity index (χ2n) is 7.09. The summed E-state index contributed by atoms with van der Waals surface area (Å²) in [7, 11) is -3.17. The summed E-state index contributed by atoms with van der Waals surface area (Å²) in [5.74, 6) is 0.722. The highest BCUT2D eigenvalue weighted by molar-refractivity contribution is 7.88. The van der Waals surface area contributed by atoms with E-state index in [1.54, 1.807) is 6.20 Å². The van der Waals surface area contributed by atoms with Gasteiger partial charge in [-0.3, -0.25) is 9.69 Å². The zero-order valence-electron chi connectivity index (χ0n) is 14.6. The molecule has 0 radical (unpaired) electrons. The first-order chi connectivity index (χ1) is 11.9. The van der Waals surface area contributed by atoms with E-state index in [1.165, 1.54) is 19.1 Å². The Kier molecular flexibility index (Phi) is 5.75. The molecule has 1 saturated carbocycles. The summed E-state index contributed by atoms with van der Waals surface area (Å²) in [5, 5.41) is 7.34. The number of carbonyl (C=O) groups excluding carboxylic acids is 1. The molecule has 2 heterocycles. The van der Waals surface area contributed by atoms with E-state index in [2.05, 4.69) is 20.0 Å². The molecule has 8 nitrogen and oxygen atoms in total. The van der Waals surface area contributed by atoms with Gasteiger partial charge in [-0.15, -0.1) is 0 Å². The third kappa shape index (κ3) is 5.26. The van der Waals surface area contributed by atoms with E-state index in [-0.39, 0.29) is 11.9 Å². The van der Waals surface area contributed by atoms with Gasteiger partial charge in [-0.1, -0.05) is 12.8 Å². The van der Waals surface area contributed by atoms with Gasteiger partial charge >= 0.3 is 0 Å². The molecule has 2 fully saturated rings. The zero-order chi connectivity index (χ0) is 17.9. The van der Waals surface area contributed by atoms with Gasteiger partial charge in [0.2, 0.25) is 15.9 Å². The van der Waals surface area contributed by atoms with E-state index in [1.807, 2.05) is 10.7 Å².